The van der Waals surface area contributed by atoms with Crippen LogP contribution < -0.4 is 19.7 Å². The van der Waals surface area contributed by atoms with E-state index in [0.717, 1.165) is 13.1 Å². The van der Waals surface area contributed by atoms with Crippen molar-refractivity contribution in [1.29, 1.82) is 0 Å². The first-order valence-electron chi connectivity index (χ1n) is 12.2. The first-order valence-corrected chi connectivity index (χ1v) is 12.2. The van der Waals surface area contributed by atoms with Crippen LogP contribution in [0.15, 0.2) is 48.5 Å². The normalized spacial score (nSPS) is 16.3. The van der Waals surface area contributed by atoms with E-state index in [1.807, 2.05) is 41.3 Å². The lowest BCUT2D eigenvalue weighted by Gasteiger charge is -2.41. The van der Waals surface area contributed by atoms with Crippen molar-refractivity contribution < 1.29 is 14.3 Å². The predicted molar refractivity (Wildman–Crippen MR) is 139 cm³/mol. The van der Waals surface area contributed by atoms with Crippen molar-refractivity contribution in [2.45, 2.75) is 52.7 Å². The molecule has 2 amide bonds. The van der Waals surface area contributed by atoms with E-state index in [1.165, 1.54) is 5.69 Å². The van der Waals surface area contributed by atoms with Gasteiger partial charge >= 0.3 is 6.03 Å². The molecule has 0 radical (unpaired) electrons. The highest BCUT2D eigenvalue weighted by atomic mass is 16.5. The molecule has 1 atom stereocenters. The van der Waals surface area contributed by atoms with Crippen LogP contribution in [0.1, 0.15) is 34.6 Å². The van der Waals surface area contributed by atoms with Crippen molar-refractivity contribution in [3.63, 3.8) is 0 Å². The third-order valence-electron chi connectivity index (χ3n) is 6.35. The summed E-state index contributed by atoms with van der Waals surface area (Å²) in [5.74, 6) is 1.29. The number of hydrogen-bond donors (Lipinski definition) is 1. The monoisotopic (exact) mass is 468 g/mol. The van der Waals surface area contributed by atoms with Gasteiger partial charge in [-0.2, -0.15) is 0 Å². The zero-order chi connectivity index (χ0) is 24.7. The highest BCUT2D eigenvalue weighted by molar-refractivity contribution is 5.90. The number of benzene rings is 2. The van der Waals surface area contributed by atoms with Crippen molar-refractivity contribution in [2.75, 3.05) is 50.1 Å². The number of para-hydroxylation sites is 1. The molecule has 0 aromatic heterocycles. The Morgan fingerprint density at radius 3 is 2.38 bits per heavy atom. The molecule has 1 aliphatic rings. The number of nitrogens with zero attached hydrogens (tertiary/aromatic N) is 3. The van der Waals surface area contributed by atoms with Gasteiger partial charge in [-0.05, 0) is 58.9 Å². The van der Waals surface area contributed by atoms with E-state index in [0.29, 0.717) is 49.0 Å². The molecule has 1 unspecified atom stereocenters. The van der Waals surface area contributed by atoms with E-state index in [4.69, 9.17) is 9.47 Å². The highest BCUT2D eigenvalue weighted by Gasteiger charge is 2.27. The van der Waals surface area contributed by atoms with Crippen molar-refractivity contribution in [3.8, 4) is 11.5 Å². The summed E-state index contributed by atoms with van der Waals surface area (Å²) in [4.78, 5) is 19.6. The standard InChI is InChI=1S/C27H40N4O3/c1-20(2)30(21(3)4)16-17-34-26-18-23(12-13-25(26)33-6)28-27(32)29-14-15-31(22(5)19-29)24-10-8-7-9-11-24/h7-13,18,20-22H,14-17,19H2,1-6H3,(H,28,32). The summed E-state index contributed by atoms with van der Waals surface area (Å²) in [6, 6.07) is 16.9. The summed E-state index contributed by atoms with van der Waals surface area (Å²) in [5, 5.41) is 3.04. The van der Waals surface area contributed by atoms with Crippen molar-refractivity contribution >= 4 is 17.4 Å². The number of carbonyl (C=O) groups excluding carboxylic acids is 1. The number of anilines is 2. The van der Waals surface area contributed by atoms with E-state index in [2.05, 4.69) is 61.9 Å². The van der Waals surface area contributed by atoms with Gasteiger partial charge in [0.2, 0.25) is 0 Å². The number of rotatable bonds is 9. The molecule has 1 N–H and O–H groups in total. The van der Waals surface area contributed by atoms with Gasteiger partial charge < -0.3 is 24.6 Å². The Hall–Kier alpha value is -2.93. The average Bonchev–Trinajstić information content (AvgIpc) is 2.82. The first kappa shape index (κ1) is 25.7. The maximum absolute atomic E-state index is 13.0. The topological polar surface area (TPSA) is 57.3 Å². The van der Waals surface area contributed by atoms with Gasteiger partial charge in [-0.1, -0.05) is 18.2 Å². The van der Waals surface area contributed by atoms with Crippen LogP contribution in [0, 0.1) is 0 Å². The molecule has 0 bridgehead atoms. The minimum Gasteiger partial charge on any atom is -0.493 e. The van der Waals surface area contributed by atoms with Gasteiger partial charge in [0.05, 0.1) is 7.11 Å². The molecule has 2 aromatic rings. The van der Waals surface area contributed by atoms with Gasteiger partial charge in [-0.25, -0.2) is 4.79 Å². The number of piperazine rings is 1. The Kier molecular flexibility index (Phi) is 9.05. The number of methoxy groups -OCH3 is 1. The zero-order valence-corrected chi connectivity index (χ0v) is 21.5. The highest BCUT2D eigenvalue weighted by Crippen LogP contribution is 2.30. The molecule has 186 valence electrons. The number of amides is 2. The predicted octanol–water partition coefficient (Wildman–Crippen LogP) is 4.94. The fourth-order valence-electron chi connectivity index (χ4n) is 4.59. The number of nitrogens with one attached hydrogen (secondary N) is 1. The summed E-state index contributed by atoms with van der Waals surface area (Å²) in [6.45, 7) is 14.4. The van der Waals surface area contributed by atoms with Crippen LogP contribution in [0.4, 0.5) is 16.2 Å². The number of urea groups is 1. The second-order valence-corrected chi connectivity index (χ2v) is 9.39. The van der Waals surface area contributed by atoms with Crippen LogP contribution in [0.2, 0.25) is 0 Å². The van der Waals surface area contributed by atoms with Crippen LogP contribution in [-0.4, -0.2) is 73.9 Å². The Labute approximate surface area is 204 Å². The second kappa shape index (κ2) is 12.0. The number of ether oxygens (including phenoxy) is 2. The van der Waals surface area contributed by atoms with Crippen molar-refractivity contribution in [3.05, 3.63) is 48.5 Å². The molecule has 0 aliphatic carbocycles. The third-order valence-corrected chi connectivity index (χ3v) is 6.35. The van der Waals surface area contributed by atoms with Gasteiger partial charge in [-0.3, -0.25) is 4.90 Å². The van der Waals surface area contributed by atoms with E-state index in [-0.39, 0.29) is 12.1 Å². The zero-order valence-electron chi connectivity index (χ0n) is 21.5. The number of hydrogen-bond acceptors (Lipinski definition) is 5. The fraction of sp³-hybridized carbons (Fsp3) is 0.519. The lowest BCUT2D eigenvalue weighted by atomic mass is 10.1. The lowest BCUT2D eigenvalue weighted by Crippen LogP contribution is -2.54. The molecule has 1 fully saturated rings. The fourth-order valence-corrected chi connectivity index (χ4v) is 4.59. The quantitative estimate of drug-likeness (QED) is 0.565. The van der Waals surface area contributed by atoms with Crippen LogP contribution in [0.25, 0.3) is 0 Å². The van der Waals surface area contributed by atoms with Gasteiger partial charge in [0.25, 0.3) is 0 Å². The van der Waals surface area contributed by atoms with E-state index < -0.39 is 0 Å². The minimum absolute atomic E-state index is 0.0959. The molecular weight excluding hydrogens is 428 g/mol. The molecular formula is C27H40N4O3. The van der Waals surface area contributed by atoms with Crippen LogP contribution >= 0.6 is 0 Å². The van der Waals surface area contributed by atoms with Gasteiger partial charge in [-0.15, -0.1) is 0 Å². The molecule has 0 spiro atoms. The maximum atomic E-state index is 13.0. The van der Waals surface area contributed by atoms with Crippen LogP contribution in [0.3, 0.4) is 0 Å². The maximum Gasteiger partial charge on any atom is 0.321 e. The Morgan fingerprint density at radius 1 is 1.06 bits per heavy atom. The summed E-state index contributed by atoms with van der Waals surface area (Å²) >= 11 is 0. The smallest absolute Gasteiger partial charge is 0.321 e. The molecule has 34 heavy (non-hydrogen) atoms. The molecule has 2 aromatic carbocycles. The SMILES string of the molecule is COc1ccc(NC(=O)N2CCN(c3ccccc3)C(C)C2)cc1OCCN(C(C)C)C(C)C. The molecule has 7 heteroatoms. The van der Waals surface area contributed by atoms with Crippen LogP contribution in [-0.2, 0) is 0 Å². The van der Waals surface area contributed by atoms with E-state index >= 15 is 0 Å². The van der Waals surface area contributed by atoms with Gasteiger partial charge in [0, 0.05) is 61.7 Å². The molecule has 3 rings (SSSR count). The van der Waals surface area contributed by atoms with Crippen molar-refractivity contribution in [1.82, 2.24) is 9.80 Å². The van der Waals surface area contributed by atoms with Crippen LogP contribution in [0.5, 0.6) is 11.5 Å². The summed E-state index contributed by atoms with van der Waals surface area (Å²) in [5.41, 5.74) is 1.89. The molecule has 1 heterocycles. The Bertz CT molecular complexity index is 911. The Balaban J connectivity index is 1.59. The summed E-state index contributed by atoms with van der Waals surface area (Å²) < 4.78 is 11.5. The minimum atomic E-state index is -0.0959. The molecule has 0 saturated carbocycles. The van der Waals surface area contributed by atoms with Gasteiger partial charge in [0.15, 0.2) is 11.5 Å². The van der Waals surface area contributed by atoms with E-state index in [1.54, 1.807) is 7.11 Å². The van der Waals surface area contributed by atoms with E-state index in [9.17, 15) is 4.79 Å². The molecule has 1 saturated heterocycles. The average molecular weight is 469 g/mol. The first-order chi connectivity index (χ1) is 16.3. The number of carbonyl (C=O) groups is 1. The van der Waals surface area contributed by atoms with Gasteiger partial charge in [0.1, 0.15) is 6.61 Å². The Morgan fingerprint density at radius 2 is 1.76 bits per heavy atom. The molecule has 7 nitrogen and oxygen atoms in total. The summed E-state index contributed by atoms with van der Waals surface area (Å²) in [7, 11) is 1.63. The van der Waals surface area contributed by atoms with Crippen molar-refractivity contribution in [2.24, 2.45) is 0 Å². The largest absolute Gasteiger partial charge is 0.493 e. The molecule has 1 aliphatic heterocycles. The summed E-state index contributed by atoms with van der Waals surface area (Å²) in [6.07, 6.45) is 0. The third kappa shape index (κ3) is 6.56. The second-order valence-electron chi connectivity index (χ2n) is 9.39. The lowest BCUT2D eigenvalue weighted by molar-refractivity contribution is 0.140.